The molecule has 92 valence electrons. The lowest BCUT2D eigenvalue weighted by Gasteiger charge is -2.08. The van der Waals surface area contributed by atoms with Crippen LogP contribution in [0.15, 0.2) is 36.5 Å². The summed E-state index contributed by atoms with van der Waals surface area (Å²) in [6.07, 6.45) is 1.68. The van der Waals surface area contributed by atoms with Gasteiger partial charge in [0.25, 0.3) is 0 Å². The van der Waals surface area contributed by atoms with E-state index >= 15 is 0 Å². The van der Waals surface area contributed by atoms with E-state index in [0.717, 1.165) is 16.7 Å². The van der Waals surface area contributed by atoms with Gasteiger partial charge in [-0.15, -0.1) is 0 Å². The van der Waals surface area contributed by atoms with E-state index in [9.17, 15) is 4.79 Å². The first-order valence-corrected chi connectivity index (χ1v) is 5.74. The quantitative estimate of drug-likeness (QED) is 0.758. The molecule has 0 aliphatic heterocycles. The topological polar surface area (TPSA) is 39.2 Å². The van der Waals surface area contributed by atoms with Crippen molar-refractivity contribution in [2.75, 3.05) is 7.11 Å². The minimum absolute atomic E-state index is 0.364. The summed E-state index contributed by atoms with van der Waals surface area (Å²) in [5, 5.41) is 0. The van der Waals surface area contributed by atoms with Crippen LogP contribution >= 0.6 is 0 Å². The molecule has 0 spiro atoms. The molecule has 0 bridgehead atoms. The molecule has 1 aromatic carbocycles. The molecule has 1 aromatic heterocycles. The SMILES string of the molecule is COC(=O)c1cccnc1-c1cc(C)cc(C)c1. The minimum Gasteiger partial charge on any atom is -0.465 e. The number of nitrogens with zero attached hydrogens (tertiary/aromatic N) is 1. The van der Waals surface area contributed by atoms with Crippen molar-refractivity contribution in [2.45, 2.75) is 13.8 Å². The molecule has 0 radical (unpaired) electrons. The normalized spacial score (nSPS) is 10.2. The molecule has 0 fully saturated rings. The van der Waals surface area contributed by atoms with E-state index in [1.54, 1.807) is 18.3 Å². The van der Waals surface area contributed by atoms with Crippen molar-refractivity contribution in [1.82, 2.24) is 4.98 Å². The van der Waals surface area contributed by atoms with Crippen molar-refractivity contribution in [1.29, 1.82) is 0 Å². The molecule has 2 rings (SSSR count). The highest BCUT2D eigenvalue weighted by Crippen LogP contribution is 2.24. The average molecular weight is 241 g/mol. The fourth-order valence-electron chi connectivity index (χ4n) is 2.02. The van der Waals surface area contributed by atoms with Crippen molar-refractivity contribution >= 4 is 5.97 Å². The van der Waals surface area contributed by atoms with Crippen molar-refractivity contribution in [2.24, 2.45) is 0 Å². The van der Waals surface area contributed by atoms with E-state index in [1.165, 1.54) is 7.11 Å². The van der Waals surface area contributed by atoms with Crippen LogP contribution in [0.25, 0.3) is 11.3 Å². The summed E-state index contributed by atoms with van der Waals surface area (Å²) in [5.74, 6) is -0.364. The Labute approximate surface area is 106 Å². The molecule has 0 unspecified atom stereocenters. The highest BCUT2D eigenvalue weighted by atomic mass is 16.5. The number of hydrogen-bond acceptors (Lipinski definition) is 3. The van der Waals surface area contributed by atoms with E-state index in [0.29, 0.717) is 11.3 Å². The molecule has 0 N–H and O–H groups in total. The Hall–Kier alpha value is -2.16. The molecule has 0 amide bonds. The smallest absolute Gasteiger partial charge is 0.340 e. The van der Waals surface area contributed by atoms with Gasteiger partial charge in [-0.05, 0) is 38.1 Å². The van der Waals surface area contributed by atoms with Gasteiger partial charge in [-0.3, -0.25) is 4.98 Å². The van der Waals surface area contributed by atoms with Crippen LogP contribution in [-0.4, -0.2) is 18.1 Å². The van der Waals surface area contributed by atoms with Crippen LogP contribution in [0.1, 0.15) is 21.5 Å². The summed E-state index contributed by atoms with van der Waals surface area (Å²) in [4.78, 5) is 16.0. The zero-order valence-electron chi connectivity index (χ0n) is 10.7. The fraction of sp³-hybridized carbons (Fsp3) is 0.200. The van der Waals surface area contributed by atoms with Gasteiger partial charge in [0.15, 0.2) is 0 Å². The van der Waals surface area contributed by atoms with Gasteiger partial charge < -0.3 is 4.74 Å². The van der Waals surface area contributed by atoms with Crippen LogP contribution in [0, 0.1) is 13.8 Å². The van der Waals surface area contributed by atoms with Crippen molar-refractivity contribution < 1.29 is 9.53 Å². The summed E-state index contributed by atoms with van der Waals surface area (Å²) in [6, 6.07) is 9.58. The second-order valence-corrected chi connectivity index (χ2v) is 4.27. The molecule has 0 saturated carbocycles. The Balaban J connectivity index is 2.60. The van der Waals surface area contributed by atoms with Crippen LogP contribution in [0.3, 0.4) is 0 Å². The van der Waals surface area contributed by atoms with Gasteiger partial charge in [-0.1, -0.05) is 17.2 Å². The number of carbonyl (C=O) groups is 1. The molecular formula is C15H15NO2. The van der Waals surface area contributed by atoms with Crippen molar-refractivity contribution in [3.05, 3.63) is 53.2 Å². The van der Waals surface area contributed by atoms with Crippen molar-refractivity contribution in [3.63, 3.8) is 0 Å². The lowest BCUT2D eigenvalue weighted by molar-refractivity contribution is 0.0601. The van der Waals surface area contributed by atoms with Gasteiger partial charge >= 0.3 is 5.97 Å². The number of methoxy groups -OCH3 is 1. The highest BCUT2D eigenvalue weighted by molar-refractivity contribution is 5.96. The van der Waals surface area contributed by atoms with Crippen LogP contribution in [0.4, 0.5) is 0 Å². The molecule has 18 heavy (non-hydrogen) atoms. The average Bonchev–Trinajstić information content (AvgIpc) is 2.36. The maximum atomic E-state index is 11.7. The monoisotopic (exact) mass is 241 g/mol. The Morgan fingerprint density at radius 1 is 1.17 bits per heavy atom. The first-order chi connectivity index (χ1) is 8.61. The predicted molar refractivity (Wildman–Crippen MR) is 70.5 cm³/mol. The third kappa shape index (κ3) is 2.40. The summed E-state index contributed by atoms with van der Waals surface area (Å²) < 4.78 is 4.78. The van der Waals surface area contributed by atoms with E-state index in [-0.39, 0.29) is 5.97 Å². The molecule has 1 heterocycles. The van der Waals surface area contributed by atoms with Crippen molar-refractivity contribution in [3.8, 4) is 11.3 Å². The van der Waals surface area contributed by atoms with Crippen LogP contribution in [-0.2, 0) is 4.74 Å². The highest BCUT2D eigenvalue weighted by Gasteiger charge is 2.14. The lowest BCUT2D eigenvalue weighted by Crippen LogP contribution is -2.04. The first kappa shape index (κ1) is 12.3. The third-order valence-corrected chi connectivity index (χ3v) is 2.71. The van der Waals surface area contributed by atoms with E-state index in [4.69, 9.17) is 4.74 Å². The molecular weight excluding hydrogens is 226 g/mol. The first-order valence-electron chi connectivity index (χ1n) is 5.74. The standard InChI is InChI=1S/C15H15NO2/c1-10-7-11(2)9-12(8-10)14-13(15(17)18-3)5-4-6-16-14/h4-9H,1-3H3. The van der Waals surface area contributed by atoms with Crippen LogP contribution in [0.2, 0.25) is 0 Å². The molecule has 2 aromatic rings. The second-order valence-electron chi connectivity index (χ2n) is 4.27. The number of benzene rings is 1. The second kappa shape index (κ2) is 5.00. The van der Waals surface area contributed by atoms with E-state index in [1.807, 2.05) is 26.0 Å². The summed E-state index contributed by atoms with van der Waals surface area (Å²) in [7, 11) is 1.38. The number of rotatable bonds is 2. The number of hydrogen-bond donors (Lipinski definition) is 0. The summed E-state index contributed by atoms with van der Waals surface area (Å²) in [5.41, 5.74) is 4.38. The zero-order chi connectivity index (χ0) is 13.1. The number of aromatic nitrogens is 1. The van der Waals surface area contributed by atoms with Gasteiger partial charge in [0.2, 0.25) is 0 Å². The van der Waals surface area contributed by atoms with Crippen LogP contribution < -0.4 is 0 Å². The Morgan fingerprint density at radius 3 is 2.44 bits per heavy atom. The minimum atomic E-state index is -0.364. The van der Waals surface area contributed by atoms with Crippen LogP contribution in [0.5, 0.6) is 0 Å². The predicted octanol–water partition coefficient (Wildman–Crippen LogP) is 3.15. The lowest BCUT2D eigenvalue weighted by atomic mass is 10.0. The van der Waals surface area contributed by atoms with Gasteiger partial charge in [0, 0.05) is 11.8 Å². The Bertz CT molecular complexity index is 571. The van der Waals surface area contributed by atoms with Gasteiger partial charge in [0.05, 0.1) is 18.4 Å². The maximum absolute atomic E-state index is 11.7. The number of pyridine rings is 1. The summed E-state index contributed by atoms with van der Waals surface area (Å²) >= 11 is 0. The molecule has 0 aliphatic rings. The number of esters is 1. The molecule has 3 heteroatoms. The fourth-order valence-corrected chi connectivity index (χ4v) is 2.02. The third-order valence-electron chi connectivity index (χ3n) is 2.71. The Morgan fingerprint density at radius 2 is 1.83 bits per heavy atom. The molecule has 0 aliphatic carbocycles. The maximum Gasteiger partial charge on any atom is 0.340 e. The van der Waals surface area contributed by atoms with Gasteiger partial charge in [-0.2, -0.15) is 0 Å². The molecule has 0 atom stereocenters. The largest absolute Gasteiger partial charge is 0.465 e. The zero-order valence-corrected chi connectivity index (χ0v) is 10.7. The van der Waals surface area contributed by atoms with E-state index < -0.39 is 0 Å². The van der Waals surface area contributed by atoms with Gasteiger partial charge in [-0.25, -0.2) is 4.79 Å². The number of ether oxygens (including phenoxy) is 1. The summed E-state index contributed by atoms with van der Waals surface area (Å²) in [6.45, 7) is 4.05. The number of aryl methyl sites for hydroxylation is 2. The van der Waals surface area contributed by atoms with Gasteiger partial charge in [0.1, 0.15) is 0 Å². The molecule has 3 nitrogen and oxygen atoms in total. The molecule has 0 saturated heterocycles. The Kier molecular flexibility index (Phi) is 3.42. The van der Waals surface area contributed by atoms with E-state index in [2.05, 4.69) is 11.1 Å². The number of carbonyl (C=O) groups excluding carboxylic acids is 1.